The van der Waals surface area contributed by atoms with Gasteiger partial charge in [-0.2, -0.15) is 0 Å². The van der Waals surface area contributed by atoms with Crippen molar-refractivity contribution in [1.82, 2.24) is 4.90 Å². The highest BCUT2D eigenvalue weighted by Crippen LogP contribution is 2.26. The minimum atomic E-state index is -0.403. The van der Waals surface area contributed by atoms with E-state index in [1.165, 1.54) is 12.1 Å². The van der Waals surface area contributed by atoms with E-state index in [1.54, 1.807) is 6.07 Å². The minimum absolute atomic E-state index is 0.0908. The van der Waals surface area contributed by atoms with E-state index in [1.807, 2.05) is 7.05 Å². The van der Waals surface area contributed by atoms with Gasteiger partial charge in [-0.3, -0.25) is 10.1 Å². The highest BCUT2D eigenvalue weighted by atomic mass is 79.9. The van der Waals surface area contributed by atoms with Gasteiger partial charge in [0.05, 0.1) is 4.92 Å². The van der Waals surface area contributed by atoms with Crippen molar-refractivity contribution in [2.45, 2.75) is 6.92 Å². The number of hydrogen-bond donors (Lipinski definition) is 1. The smallest absolute Gasteiger partial charge is 0.270 e. The molecule has 1 rings (SSSR count). The number of hydrogen-bond acceptors (Lipinski definition) is 4. The molecule has 1 N–H and O–H groups in total. The Morgan fingerprint density at radius 3 is 2.76 bits per heavy atom. The van der Waals surface area contributed by atoms with Crippen LogP contribution in [-0.4, -0.2) is 36.5 Å². The van der Waals surface area contributed by atoms with Crippen molar-refractivity contribution in [2.75, 3.05) is 32.0 Å². The number of non-ortho nitro benzene ring substituents is 1. The molecule has 0 saturated carbocycles. The molecule has 1 aromatic rings. The van der Waals surface area contributed by atoms with E-state index in [0.717, 1.165) is 25.3 Å². The van der Waals surface area contributed by atoms with Gasteiger partial charge in [-0.05, 0) is 35.6 Å². The Kier molecular flexibility index (Phi) is 5.37. The van der Waals surface area contributed by atoms with Crippen LogP contribution in [0.15, 0.2) is 22.7 Å². The Morgan fingerprint density at radius 2 is 2.24 bits per heavy atom. The summed E-state index contributed by atoms with van der Waals surface area (Å²) >= 11 is 3.32. The monoisotopic (exact) mass is 301 g/mol. The lowest BCUT2D eigenvalue weighted by molar-refractivity contribution is -0.384. The van der Waals surface area contributed by atoms with Gasteiger partial charge in [0, 0.05) is 35.4 Å². The van der Waals surface area contributed by atoms with Gasteiger partial charge in [-0.15, -0.1) is 0 Å². The zero-order chi connectivity index (χ0) is 12.8. The number of likely N-dealkylation sites (N-methyl/N-ethyl adjacent to an activating group) is 1. The fraction of sp³-hybridized carbons (Fsp3) is 0.455. The Bertz CT molecular complexity index is 398. The van der Waals surface area contributed by atoms with E-state index in [-0.39, 0.29) is 5.69 Å². The molecular formula is C11H16BrN3O2. The van der Waals surface area contributed by atoms with Crippen molar-refractivity contribution in [3.8, 4) is 0 Å². The van der Waals surface area contributed by atoms with E-state index >= 15 is 0 Å². The molecule has 0 aliphatic carbocycles. The lowest BCUT2D eigenvalue weighted by Gasteiger charge is -2.15. The van der Waals surface area contributed by atoms with E-state index in [9.17, 15) is 10.1 Å². The standard InChI is InChI=1S/C11H16BrN3O2/c1-3-14(2)7-6-13-11-5-4-9(15(16)17)8-10(11)12/h4-5,8,13H,3,6-7H2,1-2H3. The number of nitro benzene ring substituents is 1. The number of nitrogens with zero attached hydrogens (tertiary/aromatic N) is 2. The SMILES string of the molecule is CCN(C)CCNc1ccc([N+](=O)[O-])cc1Br. The van der Waals surface area contributed by atoms with Crippen LogP contribution in [-0.2, 0) is 0 Å². The van der Waals surface area contributed by atoms with E-state index in [0.29, 0.717) is 4.47 Å². The molecule has 0 aliphatic heterocycles. The van der Waals surface area contributed by atoms with Crippen molar-refractivity contribution >= 4 is 27.3 Å². The van der Waals surface area contributed by atoms with Crippen molar-refractivity contribution < 1.29 is 4.92 Å². The average Bonchev–Trinajstić information content (AvgIpc) is 2.30. The summed E-state index contributed by atoms with van der Waals surface area (Å²) in [5.74, 6) is 0. The predicted molar refractivity (Wildman–Crippen MR) is 72.5 cm³/mol. The Hall–Kier alpha value is -1.14. The third-order valence-electron chi connectivity index (χ3n) is 2.51. The molecular weight excluding hydrogens is 286 g/mol. The first-order valence-electron chi connectivity index (χ1n) is 5.41. The molecule has 0 spiro atoms. The Labute approximate surface area is 109 Å². The van der Waals surface area contributed by atoms with Gasteiger partial charge in [0.1, 0.15) is 0 Å². The molecule has 0 aromatic heterocycles. The molecule has 0 heterocycles. The maximum Gasteiger partial charge on any atom is 0.270 e. The second-order valence-electron chi connectivity index (χ2n) is 3.74. The molecule has 0 atom stereocenters. The fourth-order valence-electron chi connectivity index (χ4n) is 1.30. The molecule has 1 aromatic carbocycles. The van der Waals surface area contributed by atoms with Crippen LogP contribution >= 0.6 is 15.9 Å². The lowest BCUT2D eigenvalue weighted by atomic mass is 10.3. The van der Waals surface area contributed by atoms with Crippen LogP contribution in [0.1, 0.15) is 6.92 Å². The fourth-order valence-corrected chi connectivity index (χ4v) is 1.81. The second kappa shape index (κ2) is 6.56. The van der Waals surface area contributed by atoms with Crippen LogP contribution in [0.4, 0.5) is 11.4 Å². The summed E-state index contributed by atoms with van der Waals surface area (Å²) in [6.45, 7) is 4.84. The van der Waals surface area contributed by atoms with Gasteiger partial charge < -0.3 is 10.2 Å². The van der Waals surface area contributed by atoms with Crippen LogP contribution in [0.3, 0.4) is 0 Å². The zero-order valence-electron chi connectivity index (χ0n) is 9.94. The van der Waals surface area contributed by atoms with Gasteiger partial charge in [0.25, 0.3) is 5.69 Å². The summed E-state index contributed by atoms with van der Waals surface area (Å²) in [6, 6.07) is 4.72. The molecule has 0 aliphatic rings. The first-order chi connectivity index (χ1) is 8.04. The molecule has 0 saturated heterocycles. The number of nitro groups is 1. The van der Waals surface area contributed by atoms with Gasteiger partial charge >= 0.3 is 0 Å². The molecule has 0 bridgehead atoms. The first kappa shape index (κ1) is 13.9. The van der Waals surface area contributed by atoms with Crippen molar-refractivity contribution in [2.24, 2.45) is 0 Å². The van der Waals surface area contributed by atoms with E-state index < -0.39 is 4.92 Å². The summed E-state index contributed by atoms with van der Waals surface area (Å²) in [5, 5.41) is 13.8. The second-order valence-corrected chi connectivity index (χ2v) is 4.60. The largest absolute Gasteiger partial charge is 0.383 e. The highest BCUT2D eigenvalue weighted by Gasteiger charge is 2.08. The summed E-state index contributed by atoms with van der Waals surface area (Å²) < 4.78 is 0.714. The normalized spacial score (nSPS) is 10.6. The summed E-state index contributed by atoms with van der Waals surface area (Å²) in [4.78, 5) is 12.3. The zero-order valence-corrected chi connectivity index (χ0v) is 11.5. The maximum absolute atomic E-state index is 10.6. The van der Waals surface area contributed by atoms with Crippen LogP contribution in [0, 0.1) is 10.1 Å². The number of anilines is 1. The Balaban J connectivity index is 2.57. The molecule has 0 unspecified atom stereocenters. The third kappa shape index (κ3) is 4.32. The van der Waals surface area contributed by atoms with E-state index in [4.69, 9.17) is 0 Å². The summed E-state index contributed by atoms with van der Waals surface area (Å²) in [6.07, 6.45) is 0. The molecule has 0 radical (unpaired) electrons. The number of benzene rings is 1. The summed E-state index contributed by atoms with van der Waals surface area (Å²) in [7, 11) is 2.05. The average molecular weight is 302 g/mol. The van der Waals surface area contributed by atoms with Crippen LogP contribution < -0.4 is 5.32 Å². The molecule has 0 amide bonds. The van der Waals surface area contributed by atoms with Crippen molar-refractivity contribution in [3.63, 3.8) is 0 Å². The summed E-state index contributed by atoms with van der Waals surface area (Å²) in [5.41, 5.74) is 0.966. The molecule has 0 fully saturated rings. The quantitative estimate of drug-likeness (QED) is 0.648. The van der Waals surface area contributed by atoms with Crippen molar-refractivity contribution in [3.05, 3.63) is 32.8 Å². The van der Waals surface area contributed by atoms with Gasteiger partial charge in [-0.1, -0.05) is 6.92 Å². The molecule has 5 nitrogen and oxygen atoms in total. The first-order valence-corrected chi connectivity index (χ1v) is 6.20. The maximum atomic E-state index is 10.6. The predicted octanol–water partition coefficient (Wildman–Crippen LogP) is 2.72. The molecule has 6 heteroatoms. The van der Waals surface area contributed by atoms with Gasteiger partial charge in [0.15, 0.2) is 0 Å². The number of rotatable bonds is 6. The number of nitrogens with one attached hydrogen (secondary N) is 1. The minimum Gasteiger partial charge on any atom is -0.383 e. The number of halogens is 1. The molecule has 17 heavy (non-hydrogen) atoms. The lowest BCUT2D eigenvalue weighted by Crippen LogP contribution is -2.24. The van der Waals surface area contributed by atoms with Gasteiger partial charge in [-0.25, -0.2) is 0 Å². The van der Waals surface area contributed by atoms with Gasteiger partial charge in [0.2, 0.25) is 0 Å². The third-order valence-corrected chi connectivity index (χ3v) is 3.17. The van der Waals surface area contributed by atoms with E-state index in [2.05, 4.69) is 33.1 Å². The Morgan fingerprint density at radius 1 is 1.53 bits per heavy atom. The molecule has 94 valence electrons. The topological polar surface area (TPSA) is 58.4 Å². The van der Waals surface area contributed by atoms with Crippen LogP contribution in [0.5, 0.6) is 0 Å². The van der Waals surface area contributed by atoms with Crippen molar-refractivity contribution in [1.29, 1.82) is 0 Å². The van der Waals surface area contributed by atoms with Crippen LogP contribution in [0.2, 0.25) is 0 Å². The highest BCUT2D eigenvalue weighted by molar-refractivity contribution is 9.10. The van der Waals surface area contributed by atoms with Crippen LogP contribution in [0.25, 0.3) is 0 Å².